The van der Waals surface area contributed by atoms with Crippen molar-refractivity contribution in [1.29, 1.82) is 0 Å². The number of aliphatic hydroxyl groups is 1. The molecule has 0 saturated heterocycles. The Morgan fingerprint density at radius 2 is 1.83 bits per heavy atom. The summed E-state index contributed by atoms with van der Waals surface area (Å²) >= 11 is 6.32. The fourth-order valence-electron chi connectivity index (χ4n) is 4.56. The van der Waals surface area contributed by atoms with Gasteiger partial charge in [-0.3, -0.25) is 14.7 Å². The van der Waals surface area contributed by atoms with Gasteiger partial charge in [0.25, 0.3) is 17.2 Å². The van der Waals surface area contributed by atoms with Crippen molar-refractivity contribution in [1.82, 2.24) is 24.9 Å². The summed E-state index contributed by atoms with van der Waals surface area (Å²) in [5.74, 6) is 0.697. The van der Waals surface area contributed by atoms with Crippen molar-refractivity contribution in [2.75, 3.05) is 13.2 Å². The van der Waals surface area contributed by atoms with E-state index >= 15 is 0 Å². The van der Waals surface area contributed by atoms with E-state index in [1.807, 2.05) is 30.3 Å². The molecule has 0 radical (unpaired) electrons. The van der Waals surface area contributed by atoms with Crippen molar-refractivity contribution in [2.45, 2.75) is 32.3 Å². The van der Waals surface area contributed by atoms with Crippen molar-refractivity contribution < 1.29 is 14.6 Å². The van der Waals surface area contributed by atoms with Crippen LogP contribution in [-0.2, 0) is 6.61 Å². The molecule has 5 rings (SSSR count). The number of hydrogen-bond acceptors (Lipinski definition) is 6. The molecule has 2 aromatic heterocycles. The van der Waals surface area contributed by atoms with Crippen LogP contribution in [0.4, 0.5) is 0 Å². The summed E-state index contributed by atoms with van der Waals surface area (Å²) in [5, 5.41) is 15.6. The Morgan fingerprint density at radius 3 is 2.58 bits per heavy atom. The number of aromatic nitrogens is 4. The number of fused-ring (bicyclic) bond motifs is 1. The monoisotopic (exact) mass is 507 g/mol. The highest BCUT2D eigenvalue weighted by Crippen LogP contribution is 2.37. The van der Waals surface area contributed by atoms with Crippen LogP contribution in [0.25, 0.3) is 17.2 Å². The summed E-state index contributed by atoms with van der Waals surface area (Å²) in [6.45, 7) is 0.330. The molecule has 36 heavy (non-hydrogen) atoms. The lowest BCUT2D eigenvalue weighted by Gasteiger charge is -2.26. The minimum atomic E-state index is -0.494. The van der Waals surface area contributed by atoms with E-state index in [2.05, 4.69) is 20.4 Å². The number of para-hydroxylation sites is 1. The number of hydrogen-bond donors (Lipinski definition) is 3. The number of aromatic amines is 1. The van der Waals surface area contributed by atoms with Gasteiger partial charge in [0.2, 0.25) is 0 Å². The first-order valence-electron chi connectivity index (χ1n) is 11.8. The number of ether oxygens (including phenoxy) is 1. The SMILES string of the molecule is O=C(NCC1(CO)CCCC1)c1ccccc1OCc1nc2nc(-c3ccccc3)[nH]n2c(=O)c1Cl. The molecule has 1 aliphatic rings. The fourth-order valence-corrected chi connectivity index (χ4v) is 4.75. The second kappa shape index (κ2) is 10.1. The summed E-state index contributed by atoms with van der Waals surface area (Å²) in [4.78, 5) is 34.6. The molecule has 2 heterocycles. The maximum absolute atomic E-state index is 12.9. The van der Waals surface area contributed by atoms with E-state index in [9.17, 15) is 14.7 Å². The lowest BCUT2D eigenvalue weighted by Crippen LogP contribution is -2.38. The van der Waals surface area contributed by atoms with Crippen LogP contribution < -0.4 is 15.6 Å². The maximum atomic E-state index is 12.9. The van der Waals surface area contributed by atoms with Crippen molar-refractivity contribution in [3.63, 3.8) is 0 Å². The van der Waals surface area contributed by atoms with Gasteiger partial charge in [-0.1, -0.05) is 66.9 Å². The lowest BCUT2D eigenvalue weighted by atomic mass is 9.87. The predicted octanol–water partition coefficient (Wildman–Crippen LogP) is 3.60. The van der Waals surface area contributed by atoms with Crippen LogP contribution in [0.3, 0.4) is 0 Å². The van der Waals surface area contributed by atoms with E-state index in [1.54, 1.807) is 24.3 Å². The number of aliphatic hydroxyl groups excluding tert-OH is 1. The number of carbonyl (C=O) groups is 1. The van der Waals surface area contributed by atoms with Crippen molar-refractivity contribution in [2.24, 2.45) is 5.41 Å². The first-order chi connectivity index (χ1) is 17.5. The van der Waals surface area contributed by atoms with E-state index in [0.29, 0.717) is 23.7 Å². The fraction of sp³-hybridized carbons (Fsp3) is 0.308. The minimum absolute atomic E-state index is 0.0484. The molecule has 0 unspecified atom stereocenters. The van der Waals surface area contributed by atoms with Gasteiger partial charge in [-0.15, -0.1) is 0 Å². The molecule has 1 aliphatic carbocycles. The number of nitrogens with zero attached hydrogens (tertiary/aromatic N) is 3. The van der Waals surface area contributed by atoms with E-state index in [1.165, 1.54) is 4.52 Å². The first-order valence-corrected chi connectivity index (χ1v) is 12.2. The zero-order valence-corrected chi connectivity index (χ0v) is 20.3. The normalized spacial score (nSPS) is 14.7. The number of halogens is 1. The Morgan fingerprint density at radius 1 is 1.11 bits per heavy atom. The molecule has 1 amide bonds. The largest absolute Gasteiger partial charge is 0.486 e. The average molecular weight is 508 g/mol. The van der Waals surface area contributed by atoms with Crippen LogP contribution in [-0.4, -0.2) is 43.7 Å². The van der Waals surface area contributed by atoms with Gasteiger partial charge in [-0.2, -0.15) is 9.50 Å². The molecule has 0 atom stereocenters. The molecule has 1 saturated carbocycles. The van der Waals surface area contributed by atoms with Crippen LogP contribution in [0.5, 0.6) is 5.75 Å². The van der Waals surface area contributed by atoms with Crippen molar-refractivity contribution >= 4 is 23.3 Å². The number of amides is 1. The summed E-state index contributed by atoms with van der Waals surface area (Å²) in [5.41, 5.74) is 0.614. The molecular weight excluding hydrogens is 482 g/mol. The molecule has 9 nitrogen and oxygen atoms in total. The predicted molar refractivity (Wildman–Crippen MR) is 135 cm³/mol. The minimum Gasteiger partial charge on any atom is -0.486 e. The van der Waals surface area contributed by atoms with Gasteiger partial charge in [0.15, 0.2) is 5.82 Å². The molecule has 10 heteroatoms. The molecule has 186 valence electrons. The number of nitrogens with one attached hydrogen (secondary N) is 2. The number of benzene rings is 2. The van der Waals surface area contributed by atoms with Crippen LogP contribution in [0, 0.1) is 5.41 Å². The third-order valence-corrected chi connectivity index (χ3v) is 7.06. The molecule has 0 spiro atoms. The van der Waals surface area contributed by atoms with Crippen LogP contribution in [0.15, 0.2) is 59.4 Å². The molecule has 3 N–H and O–H groups in total. The number of rotatable bonds is 8. The van der Waals surface area contributed by atoms with Gasteiger partial charge in [-0.25, -0.2) is 4.98 Å². The topological polar surface area (TPSA) is 122 Å². The third kappa shape index (κ3) is 4.72. The standard InChI is InChI=1S/C26H26ClN5O4/c27-21-19(29-25-30-22(31-32(25)24(21)35)17-8-2-1-3-9-17)14-36-20-11-5-4-10-18(20)23(34)28-15-26(16-33)12-6-7-13-26/h1-5,8-11,33H,6-7,12-16H2,(H,28,34)(H,29,30,31). The zero-order valence-electron chi connectivity index (χ0n) is 19.5. The van der Waals surface area contributed by atoms with Crippen LogP contribution in [0.2, 0.25) is 5.02 Å². The zero-order chi connectivity index (χ0) is 25.1. The summed E-state index contributed by atoms with van der Waals surface area (Å²) in [6.07, 6.45) is 3.89. The van der Waals surface area contributed by atoms with Crippen LogP contribution >= 0.6 is 11.6 Å². The highest BCUT2D eigenvalue weighted by atomic mass is 35.5. The Labute approximate surface area is 212 Å². The summed E-state index contributed by atoms with van der Waals surface area (Å²) < 4.78 is 7.09. The third-order valence-electron chi connectivity index (χ3n) is 6.68. The summed E-state index contributed by atoms with van der Waals surface area (Å²) in [7, 11) is 0. The molecular formula is C26H26ClN5O4. The second-order valence-electron chi connectivity index (χ2n) is 9.08. The highest BCUT2D eigenvalue weighted by molar-refractivity contribution is 6.31. The Hall–Kier alpha value is -3.69. The van der Waals surface area contributed by atoms with Gasteiger partial charge in [0.05, 0.1) is 12.2 Å². The van der Waals surface area contributed by atoms with E-state index in [-0.39, 0.29) is 41.0 Å². The van der Waals surface area contributed by atoms with Gasteiger partial charge in [-0.05, 0) is 25.0 Å². The Kier molecular flexibility index (Phi) is 6.75. The molecule has 0 bridgehead atoms. The Balaban J connectivity index is 1.35. The lowest BCUT2D eigenvalue weighted by molar-refractivity contribution is 0.0876. The second-order valence-corrected chi connectivity index (χ2v) is 9.46. The molecule has 1 fully saturated rings. The number of carbonyl (C=O) groups excluding carboxylic acids is 1. The smallest absolute Gasteiger partial charge is 0.293 e. The highest BCUT2D eigenvalue weighted by Gasteiger charge is 2.33. The van der Waals surface area contributed by atoms with E-state index < -0.39 is 5.56 Å². The molecule has 0 aliphatic heterocycles. The van der Waals surface area contributed by atoms with Crippen molar-refractivity contribution in [3.8, 4) is 17.1 Å². The summed E-state index contributed by atoms with van der Waals surface area (Å²) in [6, 6.07) is 16.2. The van der Waals surface area contributed by atoms with Gasteiger partial charge < -0.3 is 15.2 Å². The van der Waals surface area contributed by atoms with Crippen molar-refractivity contribution in [3.05, 3.63) is 81.2 Å². The van der Waals surface area contributed by atoms with Gasteiger partial charge in [0.1, 0.15) is 23.1 Å². The molecule has 4 aromatic rings. The quantitative estimate of drug-likeness (QED) is 0.335. The van der Waals surface area contributed by atoms with E-state index in [0.717, 1.165) is 31.2 Å². The van der Waals surface area contributed by atoms with Crippen LogP contribution in [0.1, 0.15) is 41.7 Å². The maximum Gasteiger partial charge on any atom is 0.293 e. The molecule has 2 aromatic carbocycles. The van der Waals surface area contributed by atoms with E-state index in [4.69, 9.17) is 16.3 Å². The van der Waals surface area contributed by atoms with Gasteiger partial charge in [0, 0.05) is 17.5 Å². The average Bonchev–Trinajstić information content (AvgIpc) is 3.57. The first kappa shape index (κ1) is 24.0. The Bertz CT molecular complexity index is 1440. The van der Waals surface area contributed by atoms with Gasteiger partial charge >= 0.3 is 0 Å². The number of H-pyrrole nitrogens is 1.